The molecular formula is C21H18O5S. The first-order valence-electron chi connectivity index (χ1n) is 8.29. The molecule has 0 saturated carbocycles. The number of ether oxygens (including phenoxy) is 1. The Morgan fingerprint density at radius 1 is 0.852 bits per heavy atom. The van der Waals surface area contributed by atoms with E-state index in [1.54, 1.807) is 18.2 Å². The fourth-order valence-electron chi connectivity index (χ4n) is 2.43. The molecule has 0 unspecified atom stereocenters. The second-order valence-electron chi connectivity index (χ2n) is 5.84. The molecule has 0 atom stereocenters. The number of rotatable bonds is 6. The third-order valence-electron chi connectivity index (χ3n) is 3.79. The van der Waals surface area contributed by atoms with Crippen molar-refractivity contribution < 1.29 is 24.9 Å². The minimum atomic E-state index is -0.380. The number of phenols is 3. The zero-order chi connectivity index (χ0) is 19.2. The van der Waals surface area contributed by atoms with Crippen molar-refractivity contribution in [3.05, 3.63) is 72.3 Å². The Morgan fingerprint density at radius 2 is 1.52 bits per heavy atom. The van der Waals surface area contributed by atoms with Crippen LogP contribution in [0.15, 0.2) is 76.5 Å². The summed E-state index contributed by atoms with van der Waals surface area (Å²) in [7, 11) is 0. The Balaban J connectivity index is 1.61. The van der Waals surface area contributed by atoms with E-state index in [9.17, 15) is 20.1 Å². The number of phenolic OH excluding ortho intramolecular Hbond substituents is 3. The molecule has 0 aromatic heterocycles. The van der Waals surface area contributed by atoms with Gasteiger partial charge in [-0.1, -0.05) is 42.1 Å². The van der Waals surface area contributed by atoms with Gasteiger partial charge >= 0.3 is 5.97 Å². The summed E-state index contributed by atoms with van der Waals surface area (Å²) in [6, 6.07) is 18.4. The van der Waals surface area contributed by atoms with Gasteiger partial charge in [0.15, 0.2) is 0 Å². The Kier molecular flexibility index (Phi) is 5.88. The average molecular weight is 382 g/mol. The van der Waals surface area contributed by atoms with Gasteiger partial charge in [-0.3, -0.25) is 4.79 Å². The SMILES string of the molecule is O=C(CCc1ccccc1)Oc1ccc(Sc2ccc(O)cc2O)c(O)c1. The van der Waals surface area contributed by atoms with Crippen molar-refractivity contribution in [2.45, 2.75) is 22.6 Å². The third kappa shape index (κ3) is 5.18. The summed E-state index contributed by atoms with van der Waals surface area (Å²) in [4.78, 5) is 13.0. The van der Waals surface area contributed by atoms with E-state index in [0.29, 0.717) is 16.2 Å². The highest BCUT2D eigenvalue weighted by molar-refractivity contribution is 7.99. The lowest BCUT2D eigenvalue weighted by molar-refractivity contribution is -0.134. The van der Waals surface area contributed by atoms with Crippen LogP contribution in [0.5, 0.6) is 23.0 Å². The number of aromatic hydroxyl groups is 3. The van der Waals surface area contributed by atoms with Crippen molar-refractivity contribution in [1.82, 2.24) is 0 Å². The van der Waals surface area contributed by atoms with Crippen molar-refractivity contribution in [2.24, 2.45) is 0 Å². The second-order valence-corrected chi connectivity index (χ2v) is 6.93. The van der Waals surface area contributed by atoms with Crippen LogP contribution in [0.25, 0.3) is 0 Å². The number of esters is 1. The molecule has 5 nitrogen and oxygen atoms in total. The third-order valence-corrected chi connectivity index (χ3v) is 4.92. The van der Waals surface area contributed by atoms with Crippen molar-refractivity contribution in [3.8, 4) is 23.0 Å². The summed E-state index contributed by atoms with van der Waals surface area (Å²) in [5, 5.41) is 29.3. The van der Waals surface area contributed by atoms with E-state index in [1.807, 2.05) is 30.3 Å². The fourth-order valence-corrected chi connectivity index (χ4v) is 3.27. The van der Waals surface area contributed by atoms with Crippen molar-refractivity contribution in [3.63, 3.8) is 0 Å². The van der Waals surface area contributed by atoms with E-state index < -0.39 is 0 Å². The molecule has 138 valence electrons. The van der Waals surface area contributed by atoms with E-state index in [-0.39, 0.29) is 35.4 Å². The number of benzene rings is 3. The Labute approximate surface area is 160 Å². The number of carbonyl (C=O) groups is 1. The van der Waals surface area contributed by atoms with Crippen LogP contribution < -0.4 is 4.74 Å². The molecule has 0 amide bonds. The van der Waals surface area contributed by atoms with Gasteiger partial charge in [-0.15, -0.1) is 0 Å². The standard InChI is InChI=1S/C21H18O5S/c22-15-7-9-19(17(23)12-15)27-20-10-8-16(13-18(20)24)26-21(25)11-6-14-4-2-1-3-5-14/h1-5,7-10,12-13,22-24H,6,11H2. The highest BCUT2D eigenvalue weighted by atomic mass is 32.2. The van der Waals surface area contributed by atoms with Gasteiger partial charge in [0.25, 0.3) is 0 Å². The summed E-state index contributed by atoms with van der Waals surface area (Å²) in [6.45, 7) is 0. The molecule has 0 bridgehead atoms. The summed E-state index contributed by atoms with van der Waals surface area (Å²) < 4.78 is 5.27. The first kappa shape index (κ1) is 18.7. The maximum absolute atomic E-state index is 12.0. The molecule has 3 rings (SSSR count). The number of aryl methyl sites for hydroxylation is 1. The van der Waals surface area contributed by atoms with Crippen LogP contribution in [0.3, 0.4) is 0 Å². The number of carbonyl (C=O) groups excluding carboxylic acids is 1. The second kappa shape index (κ2) is 8.51. The Hall–Kier alpha value is -3.12. The van der Waals surface area contributed by atoms with Gasteiger partial charge in [0, 0.05) is 18.6 Å². The van der Waals surface area contributed by atoms with Gasteiger partial charge in [-0.2, -0.15) is 0 Å². The van der Waals surface area contributed by atoms with Crippen LogP contribution in [0, 0.1) is 0 Å². The normalized spacial score (nSPS) is 10.5. The van der Waals surface area contributed by atoms with E-state index in [0.717, 1.165) is 17.3 Å². The quantitative estimate of drug-likeness (QED) is 0.430. The molecule has 0 heterocycles. The molecule has 3 aromatic rings. The van der Waals surface area contributed by atoms with Gasteiger partial charge < -0.3 is 20.1 Å². The van der Waals surface area contributed by atoms with Crippen LogP contribution in [-0.2, 0) is 11.2 Å². The molecule has 0 radical (unpaired) electrons. The Bertz CT molecular complexity index is 941. The maximum atomic E-state index is 12.0. The highest BCUT2D eigenvalue weighted by Crippen LogP contribution is 2.41. The molecule has 0 aliphatic heterocycles. The van der Waals surface area contributed by atoms with Gasteiger partial charge in [0.05, 0.1) is 9.79 Å². The first-order valence-corrected chi connectivity index (χ1v) is 9.10. The smallest absolute Gasteiger partial charge is 0.311 e. The highest BCUT2D eigenvalue weighted by Gasteiger charge is 2.11. The summed E-state index contributed by atoms with van der Waals surface area (Å²) in [5.74, 6) is -0.324. The summed E-state index contributed by atoms with van der Waals surface area (Å²) in [5.41, 5.74) is 1.05. The molecule has 0 aliphatic rings. The summed E-state index contributed by atoms with van der Waals surface area (Å²) >= 11 is 1.13. The monoisotopic (exact) mass is 382 g/mol. The largest absolute Gasteiger partial charge is 0.508 e. The van der Waals surface area contributed by atoms with Crippen molar-refractivity contribution in [2.75, 3.05) is 0 Å². The van der Waals surface area contributed by atoms with Crippen LogP contribution in [0.4, 0.5) is 0 Å². The lowest BCUT2D eigenvalue weighted by Gasteiger charge is -2.09. The van der Waals surface area contributed by atoms with Crippen LogP contribution >= 0.6 is 11.8 Å². The van der Waals surface area contributed by atoms with Crippen LogP contribution in [-0.4, -0.2) is 21.3 Å². The molecule has 3 N–H and O–H groups in total. The van der Waals surface area contributed by atoms with Crippen molar-refractivity contribution >= 4 is 17.7 Å². The molecule has 3 aromatic carbocycles. The minimum Gasteiger partial charge on any atom is -0.508 e. The summed E-state index contributed by atoms with van der Waals surface area (Å²) in [6.07, 6.45) is 0.822. The first-order chi connectivity index (χ1) is 13.0. The molecule has 0 spiro atoms. The Morgan fingerprint density at radius 3 is 2.19 bits per heavy atom. The number of hydrogen-bond acceptors (Lipinski definition) is 6. The van der Waals surface area contributed by atoms with Gasteiger partial charge in [0.1, 0.15) is 23.0 Å². The number of hydrogen-bond donors (Lipinski definition) is 3. The molecule has 6 heteroatoms. The van der Waals surface area contributed by atoms with Gasteiger partial charge in [-0.25, -0.2) is 0 Å². The van der Waals surface area contributed by atoms with Crippen LogP contribution in [0.1, 0.15) is 12.0 Å². The van der Waals surface area contributed by atoms with Crippen LogP contribution in [0.2, 0.25) is 0 Å². The molecular weight excluding hydrogens is 364 g/mol. The maximum Gasteiger partial charge on any atom is 0.311 e. The lowest BCUT2D eigenvalue weighted by Crippen LogP contribution is -2.08. The lowest BCUT2D eigenvalue weighted by atomic mass is 10.1. The fraction of sp³-hybridized carbons (Fsp3) is 0.0952. The zero-order valence-corrected chi connectivity index (χ0v) is 15.1. The predicted molar refractivity (Wildman–Crippen MR) is 102 cm³/mol. The van der Waals surface area contributed by atoms with Gasteiger partial charge in [0.2, 0.25) is 0 Å². The van der Waals surface area contributed by atoms with E-state index in [4.69, 9.17) is 4.74 Å². The van der Waals surface area contributed by atoms with Gasteiger partial charge in [-0.05, 0) is 36.2 Å². The predicted octanol–water partition coefficient (Wildman–Crippen LogP) is 4.49. The molecule has 27 heavy (non-hydrogen) atoms. The molecule has 0 saturated heterocycles. The molecule has 0 fully saturated rings. The average Bonchev–Trinajstić information content (AvgIpc) is 2.65. The van der Waals surface area contributed by atoms with E-state index in [2.05, 4.69) is 0 Å². The van der Waals surface area contributed by atoms with Crippen molar-refractivity contribution in [1.29, 1.82) is 0 Å². The molecule has 0 aliphatic carbocycles. The zero-order valence-electron chi connectivity index (χ0n) is 14.3. The van der Waals surface area contributed by atoms with E-state index >= 15 is 0 Å². The minimum absolute atomic E-state index is 0.0427. The van der Waals surface area contributed by atoms with E-state index in [1.165, 1.54) is 18.2 Å². The topological polar surface area (TPSA) is 87.0 Å².